The maximum Gasteiger partial charge on any atom is 0.302 e. The number of hydrogen-bond acceptors (Lipinski definition) is 13. The van der Waals surface area contributed by atoms with Crippen molar-refractivity contribution in [1.82, 2.24) is 0 Å². The Bertz CT molecular complexity index is 1610. The fourth-order valence-electron chi connectivity index (χ4n) is 6.67. The SMILES string of the molecule is C=C(COc1ccc(C2CC(=O)c3c(O)cc(O)c(C4CC(OC(C)=O)CC(COC(C)=O)O4)c3O2)cc1)CC1O[C@@H](C)CCC1OC(C)=O.CP. The summed E-state index contributed by atoms with van der Waals surface area (Å²) in [5.74, 6) is -2.07. The van der Waals surface area contributed by atoms with E-state index in [9.17, 15) is 29.4 Å². The number of fused-ring (bicyclic) bond motifs is 1. The minimum Gasteiger partial charge on any atom is -0.507 e. The number of carbonyl (C=O) groups excluding carboxylic acids is 4. The molecule has 5 rings (SSSR count). The fourth-order valence-corrected chi connectivity index (χ4v) is 6.67. The van der Waals surface area contributed by atoms with Gasteiger partial charge in [0.2, 0.25) is 0 Å². The first kappa shape index (κ1) is 40.6. The molecule has 0 spiro atoms. The normalized spacial score (nSPS) is 25.3. The number of phenolic OH excluding ortho intramolecular Hbond substituents is 2. The van der Waals surface area contributed by atoms with Gasteiger partial charge in [0.25, 0.3) is 0 Å². The van der Waals surface area contributed by atoms with E-state index in [1.54, 1.807) is 24.3 Å². The van der Waals surface area contributed by atoms with Crippen molar-refractivity contribution in [3.05, 3.63) is 59.2 Å². The minimum atomic E-state index is -0.926. The zero-order valence-electron chi connectivity index (χ0n) is 30.3. The quantitative estimate of drug-likeness (QED) is 0.122. The Morgan fingerprint density at radius 1 is 0.923 bits per heavy atom. The number of esters is 3. The van der Waals surface area contributed by atoms with Crippen LogP contribution in [-0.4, -0.2) is 84.3 Å². The fraction of sp³-hybridized carbons (Fsp3) is 0.526. The number of carbonyl (C=O) groups is 4. The van der Waals surface area contributed by atoms with Crippen molar-refractivity contribution in [2.75, 3.05) is 19.9 Å². The third-order valence-electron chi connectivity index (χ3n) is 8.86. The molecule has 0 aliphatic carbocycles. The van der Waals surface area contributed by atoms with E-state index in [4.69, 9.17) is 33.2 Å². The van der Waals surface area contributed by atoms with Crippen LogP contribution in [0.1, 0.15) is 99.9 Å². The third kappa shape index (κ3) is 10.7. The van der Waals surface area contributed by atoms with Crippen LogP contribution >= 0.6 is 9.24 Å². The molecule has 2 fully saturated rings. The molecule has 13 nitrogen and oxygen atoms in total. The lowest BCUT2D eigenvalue weighted by molar-refractivity contribution is -0.170. The second kappa shape index (κ2) is 18.5. The van der Waals surface area contributed by atoms with E-state index in [0.29, 0.717) is 17.7 Å². The van der Waals surface area contributed by atoms with Crippen LogP contribution in [0.4, 0.5) is 0 Å². The molecule has 2 aromatic rings. The van der Waals surface area contributed by atoms with E-state index in [2.05, 4.69) is 15.8 Å². The summed E-state index contributed by atoms with van der Waals surface area (Å²) in [6.07, 6.45) is -1.33. The monoisotopic (exact) mass is 744 g/mol. The number of ether oxygens (including phenoxy) is 7. The molecule has 3 aliphatic heterocycles. The summed E-state index contributed by atoms with van der Waals surface area (Å²) in [5, 5.41) is 21.7. The van der Waals surface area contributed by atoms with Crippen molar-refractivity contribution in [3.63, 3.8) is 0 Å². The molecule has 0 bridgehead atoms. The van der Waals surface area contributed by atoms with Crippen molar-refractivity contribution in [2.24, 2.45) is 0 Å². The number of phenols is 2. The molecule has 0 amide bonds. The molecule has 0 saturated carbocycles. The first-order chi connectivity index (χ1) is 24.8. The van der Waals surface area contributed by atoms with Gasteiger partial charge in [-0.1, -0.05) is 25.4 Å². The van der Waals surface area contributed by atoms with Crippen molar-refractivity contribution in [2.45, 2.75) is 109 Å². The summed E-state index contributed by atoms with van der Waals surface area (Å²) in [5.41, 5.74) is 1.44. The predicted octanol–water partition coefficient (Wildman–Crippen LogP) is 5.83. The van der Waals surface area contributed by atoms with E-state index in [1.807, 2.05) is 13.6 Å². The maximum atomic E-state index is 13.4. The van der Waals surface area contributed by atoms with E-state index >= 15 is 0 Å². The average Bonchev–Trinajstić information content (AvgIpc) is 3.08. The number of aromatic hydroxyl groups is 2. The average molecular weight is 745 g/mol. The first-order valence-corrected chi connectivity index (χ1v) is 18.5. The molecule has 284 valence electrons. The van der Waals surface area contributed by atoms with Gasteiger partial charge in [0.15, 0.2) is 5.78 Å². The molecule has 2 N–H and O–H groups in total. The van der Waals surface area contributed by atoms with Crippen LogP contribution in [0, 0.1) is 0 Å². The molecule has 0 radical (unpaired) electrons. The van der Waals surface area contributed by atoms with Crippen LogP contribution in [0.15, 0.2) is 42.5 Å². The van der Waals surface area contributed by atoms with Crippen LogP contribution < -0.4 is 9.47 Å². The summed E-state index contributed by atoms with van der Waals surface area (Å²) in [7, 11) is 2.42. The van der Waals surface area contributed by atoms with Crippen LogP contribution in [-0.2, 0) is 38.1 Å². The molecule has 3 heterocycles. The minimum absolute atomic E-state index is 0.0357. The summed E-state index contributed by atoms with van der Waals surface area (Å²) in [6, 6.07) is 8.06. The lowest BCUT2D eigenvalue weighted by atomic mass is 9.89. The van der Waals surface area contributed by atoms with Crippen LogP contribution in [0.25, 0.3) is 0 Å². The molecule has 2 saturated heterocycles. The Labute approximate surface area is 306 Å². The highest BCUT2D eigenvalue weighted by Gasteiger charge is 2.41. The molecule has 0 aromatic heterocycles. The van der Waals surface area contributed by atoms with Gasteiger partial charge in [0.05, 0.1) is 36.4 Å². The highest BCUT2D eigenvalue weighted by molar-refractivity contribution is 7.15. The third-order valence-corrected chi connectivity index (χ3v) is 8.86. The van der Waals surface area contributed by atoms with E-state index in [1.165, 1.54) is 20.8 Å². The molecular weight excluding hydrogens is 695 g/mol. The van der Waals surface area contributed by atoms with Gasteiger partial charge in [-0.3, -0.25) is 19.2 Å². The van der Waals surface area contributed by atoms with Crippen molar-refractivity contribution < 1.29 is 62.5 Å². The topological polar surface area (TPSA) is 173 Å². The summed E-state index contributed by atoms with van der Waals surface area (Å²) >= 11 is 0. The number of hydrogen-bond donors (Lipinski definition) is 2. The van der Waals surface area contributed by atoms with Crippen molar-refractivity contribution >= 4 is 32.9 Å². The van der Waals surface area contributed by atoms with Gasteiger partial charge in [-0.25, -0.2) is 0 Å². The predicted molar refractivity (Wildman–Crippen MR) is 192 cm³/mol. The molecule has 14 heteroatoms. The first-order valence-electron chi connectivity index (χ1n) is 17.3. The summed E-state index contributed by atoms with van der Waals surface area (Å²) in [6.45, 7) is 12.0. The van der Waals surface area contributed by atoms with E-state index < -0.39 is 47.9 Å². The zero-order chi connectivity index (χ0) is 38.1. The van der Waals surface area contributed by atoms with Crippen LogP contribution in [0.2, 0.25) is 0 Å². The largest absolute Gasteiger partial charge is 0.507 e. The summed E-state index contributed by atoms with van der Waals surface area (Å²) in [4.78, 5) is 48.3. The Balaban J connectivity index is 0.00000297. The Morgan fingerprint density at radius 2 is 1.62 bits per heavy atom. The molecule has 8 atom stereocenters. The zero-order valence-corrected chi connectivity index (χ0v) is 31.4. The van der Waals surface area contributed by atoms with Crippen LogP contribution in [0.5, 0.6) is 23.0 Å². The van der Waals surface area contributed by atoms with Crippen molar-refractivity contribution in [3.8, 4) is 23.0 Å². The van der Waals surface area contributed by atoms with E-state index in [-0.39, 0.29) is 79.4 Å². The Hall–Kier alpha value is -4.19. The maximum absolute atomic E-state index is 13.4. The number of rotatable bonds is 11. The lowest BCUT2D eigenvalue weighted by Crippen LogP contribution is -2.40. The number of benzene rings is 2. The second-order valence-corrected chi connectivity index (χ2v) is 13.0. The van der Waals surface area contributed by atoms with Gasteiger partial charge >= 0.3 is 17.9 Å². The highest BCUT2D eigenvalue weighted by atomic mass is 31.0. The van der Waals surface area contributed by atoms with Gasteiger partial charge in [0.1, 0.15) is 60.1 Å². The number of ketones is 1. The lowest BCUT2D eigenvalue weighted by Gasteiger charge is -2.37. The standard InChI is InChI=1S/C37H44O13.CH5P/c1-19(12-33-31(48-23(5)40)11-6-20(2)46-33)17-45-25-9-7-24(8-10-25)32-16-30(43)35-28(41)15-29(42)36(37(35)50-32)34-14-26(47-22(4)39)13-27(49-34)18-44-21(3)38;1-2/h7-10,15,20,26-27,31-34,41-42H,1,6,11-14,16-18H2,2-5H3;2H2,1H3/t20-,26?,27?,31?,32?,33?,34?;/m0./s1. The Morgan fingerprint density at radius 3 is 2.27 bits per heavy atom. The van der Waals surface area contributed by atoms with Gasteiger partial charge < -0.3 is 43.4 Å². The molecule has 3 aliphatic rings. The van der Waals surface area contributed by atoms with Gasteiger partial charge in [-0.15, -0.1) is 9.24 Å². The molecule has 2 aromatic carbocycles. The number of Topliss-reactive ketones (excluding diaryl/α,β-unsaturated/α-hetero) is 1. The van der Waals surface area contributed by atoms with Crippen LogP contribution in [0.3, 0.4) is 0 Å². The smallest absolute Gasteiger partial charge is 0.302 e. The molecule has 52 heavy (non-hydrogen) atoms. The second-order valence-electron chi connectivity index (χ2n) is 13.0. The Kier molecular flexibility index (Phi) is 14.5. The molecule has 7 unspecified atom stereocenters. The van der Waals surface area contributed by atoms with E-state index in [0.717, 1.165) is 24.5 Å². The van der Waals surface area contributed by atoms with Gasteiger partial charge in [-0.2, -0.15) is 0 Å². The van der Waals surface area contributed by atoms with Crippen molar-refractivity contribution in [1.29, 1.82) is 0 Å². The highest BCUT2D eigenvalue weighted by Crippen LogP contribution is 2.50. The van der Waals surface area contributed by atoms with Gasteiger partial charge in [-0.05, 0) is 43.0 Å². The van der Waals surface area contributed by atoms with Gasteiger partial charge in [0, 0.05) is 46.1 Å². The molecular formula is C38H49O13P. The summed E-state index contributed by atoms with van der Waals surface area (Å²) < 4.78 is 40.6.